The van der Waals surface area contributed by atoms with Crippen LogP contribution in [0, 0.1) is 0 Å². The maximum Gasteiger partial charge on any atom is 0.306 e. The summed E-state index contributed by atoms with van der Waals surface area (Å²) >= 11 is 0. The van der Waals surface area contributed by atoms with Crippen molar-refractivity contribution in [3.63, 3.8) is 0 Å². The van der Waals surface area contributed by atoms with Gasteiger partial charge in [-0.25, -0.2) is 0 Å². The average Bonchev–Trinajstić information content (AvgIpc) is 3.40. The zero-order chi connectivity index (χ0) is 56.2. The monoisotopic (exact) mass is 1060 g/mol. The Morgan fingerprint density at radius 3 is 1.09 bits per heavy atom. The Balaban J connectivity index is 4.42. The van der Waals surface area contributed by atoms with Crippen LogP contribution in [-0.4, -0.2) is 82.3 Å². The van der Waals surface area contributed by atoms with E-state index in [4.69, 9.17) is 18.9 Å². The number of allylic oxidation sites excluding steroid dienone is 30. The molecule has 0 aliphatic carbocycles. The standard InChI is InChI=1S/C68H103NO8/c1-6-8-10-12-14-16-18-20-22-24-26-27-28-29-30-31-32-33-34-35-36-37-38-39-41-43-45-47-49-51-53-55-57-59-66(71)77-64(63-76-68(67(72)73)74-61-60-69(3,4)5)62-75-65(70)58-56-54-52-50-48-46-44-42-40-25-23-21-19-17-15-13-11-9-7-2/h8-11,14-17,20-23,26-27,29-30,32-33,35-36,38-40,42-43,45-46,48,52,54,64,68H,6-7,12-13,18-19,24-25,28,31,34,37,41,44,47,49-51,53,55-63H2,1-5H3/b10-8-,11-9-,16-14-,17-15-,22-20-,23-21-,27-26-,30-29-,33-32-,36-35-,39-38-,42-40-,45-43-,48-46-,54-52-. The minimum atomic E-state index is -1.66. The number of esters is 2. The topological polar surface area (TPSA) is 111 Å². The number of carbonyl (C=O) groups excluding carboxylic acids is 3. The average molecular weight is 1060 g/mol. The second-order valence-corrected chi connectivity index (χ2v) is 19.5. The molecule has 77 heavy (non-hydrogen) atoms. The SMILES string of the molecule is CC/C=C\C/C=C\C/C=C\C/C=C\C/C=C\C/C=C\C/C=C\C/C=C\C/C=C\CCCCCCCC(=O)OC(COC(=O)CC/C=C\C/C=C\C/C=C\C/C=C\C/C=C\C/C=C\CC)COC(OCC[N+](C)(C)C)C(=O)[O-]. The number of carbonyl (C=O) groups is 3. The van der Waals surface area contributed by atoms with Gasteiger partial charge in [0.25, 0.3) is 0 Å². The molecule has 0 radical (unpaired) electrons. The van der Waals surface area contributed by atoms with E-state index in [0.717, 1.165) is 128 Å². The summed E-state index contributed by atoms with van der Waals surface area (Å²) in [5.74, 6) is -2.45. The van der Waals surface area contributed by atoms with Gasteiger partial charge in [0.1, 0.15) is 13.2 Å². The summed E-state index contributed by atoms with van der Waals surface area (Å²) in [5, 5.41) is 11.8. The van der Waals surface area contributed by atoms with E-state index in [-0.39, 0.29) is 32.7 Å². The van der Waals surface area contributed by atoms with Crippen LogP contribution in [0.4, 0.5) is 0 Å². The second kappa shape index (κ2) is 56.6. The van der Waals surface area contributed by atoms with Crippen LogP contribution in [0.2, 0.25) is 0 Å². The Morgan fingerprint density at radius 1 is 0.390 bits per heavy atom. The summed E-state index contributed by atoms with van der Waals surface area (Å²) in [7, 11) is 5.87. The number of hydrogen-bond acceptors (Lipinski definition) is 8. The quantitative estimate of drug-likeness (QED) is 0.0195. The van der Waals surface area contributed by atoms with Crippen molar-refractivity contribution in [2.45, 2.75) is 180 Å². The van der Waals surface area contributed by atoms with Crippen molar-refractivity contribution in [2.24, 2.45) is 0 Å². The minimum Gasteiger partial charge on any atom is -0.545 e. The predicted octanol–water partition coefficient (Wildman–Crippen LogP) is 16.0. The lowest BCUT2D eigenvalue weighted by atomic mass is 10.1. The maximum absolute atomic E-state index is 12.9. The molecular formula is C68H103NO8. The molecule has 9 nitrogen and oxygen atoms in total. The van der Waals surface area contributed by atoms with Gasteiger partial charge in [-0.2, -0.15) is 0 Å². The summed E-state index contributed by atoms with van der Waals surface area (Å²) < 4.78 is 22.5. The molecule has 0 heterocycles. The van der Waals surface area contributed by atoms with Crippen LogP contribution in [-0.2, 0) is 33.3 Å². The lowest BCUT2D eigenvalue weighted by Gasteiger charge is -2.26. The third-order valence-electron chi connectivity index (χ3n) is 11.2. The maximum atomic E-state index is 12.9. The summed E-state index contributed by atoms with van der Waals surface area (Å²) in [6, 6.07) is 0. The van der Waals surface area contributed by atoms with Crippen molar-refractivity contribution in [2.75, 3.05) is 47.5 Å². The van der Waals surface area contributed by atoms with Gasteiger partial charge in [0.2, 0.25) is 0 Å². The molecule has 0 spiro atoms. The fourth-order valence-corrected chi connectivity index (χ4v) is 6.79. The lowest BCUT2D eigenvalue weighted by molar-refractivity contribution is -0.870. The number of likely N-dealkylation sites (N-methyl/N-ethyl adjacent to an activating group) is 1. The first-order valence-corrected chi connectivity index (χ1v) is 28.9. The third kappa shape index (κ3) is 57.9. The van der Waals surface area contributed by atoms with E-state index in [1.54, 1.807) is 0 Å². The molecule has 2 unspecified atom stereocenters. The molecule has 0 aliphatic heterocycles. The van der Waals surface area contributed by atoms with Crippen LogP contribution in [0.3, 0.4) is 0 Å². The van der Waals surface area contributed by atoms with Crippen LogP contribution >= 0.6 is 0 Å². The van der Waals surface area contributed by atoms with Gasteiger partial charge in [-0.3, -0.25) is 9.59 Å². The van der Waals surface area contributed by atoms with E-state index >= 15 is 0 Å². The fourth-order valence-electron chi connectivity index (χ4n) is 6.79. The predicted molar refractivity (Wildman–Crippen MR) is 324 cm³/mol. The van der Waals surface area contributed by atoms with Gasteiger partial charge < -0.3 is 33.3 Å². The summed E-state index contributed by atoms with van der Waals surface area (Å²) in [5.41, 5.74) is 0. The highest BCUT2D eigenvalue weighted by Crippen LogP contribution is 2.11. The van der Waals surface area contributed by atoms with Crippen LogP contribution < -0.4 is 5.11 Å². The molecule has 0 aromatic carbocycles. The molecule has 0 saturated carbocycles. The number of hydrogen-bond donors (Lipinski definition) is 0. The van der Waals surface area contributed by atoms with E-state index in [1.165, 1.54) is 0 Å². The van der Waals surface area contributed by atoms with E-state index in [9.17, 15) is 19.5 Å². The van der Waals surface area contributed by atoms with E-state index in [0.29, 0.717) is 23.9 Å². The molecule has 9 heteroatoms. The van der Waals surface area contributed by atoms with Crippen LogP contribution in [0.25, 0.3) is 0 Å². The van der Waals surface area contributed by atoms with Gasteiger partial charge in [-0.1, -0.05) is 215 Å². The van der Waals surface area contributed by atoms with E-state index in [2.05, 4.69) is 184 Å². The van der Waals surface area contributed by atoms with Crippen molar-refractivity contribution in [1.82, 2.24) is 0 Å². The largest absolute Gasteiger partial charge is 0.545 e. The number of carboxylic acid groups (broad SMARTS) is 1. The van der Waals surface area contributed by atoms with Crippen LogP contribution in [0.15, 0.2) is 182 Å². The Kier molecular flexibility index (Phi) is 52.5. The first kappa shape index (κ1) is 71.4. The summed E-state index contributed by atoms with van der Waals surface area (Å²) in [6.07, 6.45) is 83.8. The molecule has 0 saturated heterocycles. The zero-order valence-corrected chi connectivity index (χ0v) is 48.5. The number of quaternary nitrogens is 1. The molecule has 0 amide bonds. The zero-order valence-electron chi connectivity index (χ0n) is 48.5. The first-order chi connectivity index (χ1) is 37.6. The van der Waals surface area contributed by atoms with Crippen molar-refractivity contribution < 1.29 is 42.9 Å². The van der Waals surface area contributed by atoms with Gasteiger partial charge in [-0.05, 0) is 122 Å². The first-order valence-electron chi connectivity index (χ1n) is 28.9. The number of aliphatic carboxylic acids is 1. The van der Waals surface area contributed by atoms with Crippen molar-refractivity contribution in [1.29, 1.82) is 0 Å². The van der Waals surface area contributed by atoms with Crippen molar-refractivity contribution >= 4 is 17.9 Å². The lowest BCUT2D eigenvalue weighted by Crippen LogP contribution is -2.44. The molecule has 0 fully saturated rings. The minimum absolute atomic E-state index is 0.121. The van der Waals surface area contributed by atoms with Crippen molar-refractivity contribution in [3.05, 3.63) is 182 Å². The van der Waals surface area contributed by atoms with E-state index < -0.39 is 30.3 Å². The van der Waals surface area contributed by atoms with E-state index in [1.807, 2.05) is 33.3 Å². The highest BCUT2D eigenvalue weighted by Gasteiger charge is 2.21. The van der Waals surface area contributed by atoms with Gasteiger partial charge in [0.15, 0.2) is 12.4 Å². The summed E-state index contributed by atoms with van der Waals surface area (Å²) in [4.78, 5) is 37.2. The Morgan fingerprint density at radius 2 is 0.727 bits per heavy atom. The van der Waals surface area contributed by atoms with Crippen LogP contribution in [0.1, 0.15) is 168 Å². The molecule has 0 rings (SSSR count). The third-order valence-corrected chi connectivity index (χ3v) is 11.2. The van der Waals surface area contributed by atoms with Gasteiger partial charge in [0.05, 0.1) is 40.3 Å². The smallest absolute Gasteiger partial charge is 0.306 e. The van der Waals surface area contributed by atoms with Gasteiger partial charge in [0, 0.05) is 12.8 Å². The van der Waals surface area contributed by atoms with Gasteiger partial charge in [-0.15, -0.1) is 0 Å². The molecule has 428 valence electrons. The fraction of sp³-hybridized carbons (Fsp3) is 0.515. The normalized spacial score (nSPS) is 14.1. The molecule has 0 aliphatic rings. The number of unbranched alkanes of at least 4 members (excludes halogenated alkanes) is 5. The number of ether oxygens (including phenoxy) is 4. The molecule has 0 aromatic rings. The highest BCUT2D eigenvalue weighted by atomic mass is 16.7. The number of carboxylic acids is 1. The summed E-state index contributed by atoms with van der Waals surface area (Å²) in [6.45, 7) is 4.36. The molecule has 0 N–H and O–H groups in total. The Labute approximate surface area is 469 Å². The number of nitrogens with zero attached hydrogens (tertiary/aromatic N) is 1. The van der Waals surface area contributed by atoms with Gasteiger partial charge >= 0.3 is 11.9 Å². The molecular weight excluding hydrogens is 959 g/mol. The number of rotatable bonds is 50. The molecule has 2 atom stereocenters. The Hall–Kier alpha value is -5.61. The Bertz CT molecular complexity index is 1910. The van der Waals surface area contributed by atoms with Crippen molar-refractivity contribution in [3.8, 4) is 0 Å². The highest BCUT2D eigenvalue weighted by molar-refractivity contribution is 5.70. The second-order valence-electron chi connectivity index (χ2n) is 19.5. The molecule has 0 bridgehead atoms. The molecule has 0 aromatic heterocycles. The van der Waals surface area contributed by atoms with Crippen LogP contribution in [0.5, 0.6) is 0 Å².